The van der Waals surface area contributed by atoms with Gasteiger partial charge < -0.3 is 14.6 Å². The Morgan fingerprint density at radius 2 is 1.79 bits per heavy atom. The molecule has 1 N–H and O–H groups in total. The van der Waals surface area contributed by atoms with E-state index in [0.717, 1.165) is 52.9 Å². The van der Waals surface area contributed by atoms with E-state index in [1.54, 1.807) is 0 Å². The van der Waals surface area contributed by atoms with Crippen LogP contribution in [-0.4, -0.2) is 28.6 Å². The van der Waals surface area contributed by atoms with Gasteiger partial charge in [-0.3, -0.25) is 4.79 Å². The highest BCUT2D eigenvalue weighted by Gasteiger charge is 2.11. The van der Waals surface area contributed by atoms with E-state index < -0.39 is 0 Å². The first-order valence-corrected chi connectivity index (χ1v) is 12.5. The molecular formula is C28H30BrN3O2. The molecule has 0 spiro atoms. The molecule has 0 radical (unpaired) electrons. The van der Waals surface area contributed by atoms with Crippen molar-refractivity contribution < 1.29 is 9.53 Å². The first-order valence-electron chi connectivity index (χ1n) is 11.7. The van der Waals surface area contributed by atoms with Crippen molar-refractivity contribution >= 4 is 32.9 Å². The quantitative estimate of drug-likeness (QED) is 0.252. The predicted octanol–water partition coefficient (Wildman–Crippen LogP) is 6.25. The van der Waals surface area contributed by atoms with Crippen molar-refractivity contribution in [2.75, 3.05) is 13.2 Å². The molecule has 0 saturated carbocycles. The van der Waals surface area contributed by atoms with Gasteiger partial charge in [0, 0.05) is 29.5 Å². The van der Waals surface area contributed by atoms with E-state index in [9.17, 15) is 4.79 Å². The molecule has 1 amide bonds. The van der Waals surface area contributed by atoms with E-state index in [1.807, 2.05) is 42.5 Å². The molecule has 0 atom stereocenters. The van der Waals surface area contributed by atoms with E-state index in [0.29, 0.717) is 18.7 Å². The summed E-state index contributed by atoms with van der Waals surface area (Å²) in [5.74, 6) is 1.95. The molecule has 0 aliphatic heterocycles. The fourth-order valence-electron chi connectivity index (χ4n) is 4.00. The number of hydrogen-bond donors (Lipinski definition) is 1. The minimum Gasteiger partial charge on any atom is -0.493 e. The average molecular weight is 520 g/mol. The van der Waals surface area contributed by atoms with Gasteiger partial charge >= 0.3 is 0 Å². The second-order valence-electron chi connectivity index (χ2n) is 8.43. The van der Waals surface area contributed by atoms with Crippen LogP contribution in [0.3, 0.4) is 0 Å². The molecule has 0 unspecified atom stereocenters. The van der Waals surface area contributed by atoms with Crippen LogP contribution in [0.5, 0.6) is 5.75 Å². The van der Waals surface area contributed by atoms with E-state index >= 15 is 0 Å². The van der Waals surface area contributed by atoms with Gasteiger partial charge in [-0.25, -0.2) is 4.98 Å². The third-order valence-electron chi connectivity index (χ3n) is 6.04. The maximum absolute atomic E-state index is 12.4. The standard InChI is InChI=1S/C28H30BrN3O2/c1-20-8-5-11-26(21(20)2)34-19-7-18-32-25-10-4-3-9-24(25)31-27(32)12-6-17-30-28(33)22-13-15-23(29)16-14-22/h3-5,8-11,13-16H,6-7,12,17-19H2,1-2H3,(H,30,33). The Hall–Kier alpha value is -3.12. The number of ether oxygens (including phenoxy) is 1. The first-order chi connectivity index (χ1) is 16.5. The van der Waals surface area contributed by atoms with Crippen LogP contribution in [0.15, 0.2) is 71.2 Å². The third kappa shape index (κ3) is 5.86. The van der Waals surface area contributed by atoms with Gasteiger partial charge in [-0.05, 0) is 80.3 Å². The lowest BCUT2D eigenvalue weighted by atomic mass is 10.1. The van der Waals surface area contributed by atoms with Gasteiger partial charge in [0.1, 0.15) is 11.6 Å². The van der Waals surface area contributed by atoms with E-state index in [4.69, 9.17) is 9.72 Å². The molecule has 5 nitrogen and oxygen atoms in total. The Labute approximate surface area is 209 Å². The van der Waals surface area contributed by atoms with Gasteiger partial charge in [-0.1, -0.05) is 40.2 Å². The minimum absolute atomic E-state index is 0.0513. The van der Waals surface area contributed by atoms with Crippen LogP contribution in [-0.2, 0) is 13.0 Å². The highest BCUT2D eigenvalue weighted by Crippen LogP contribution is 2.21. The van der Waals surface area contributed by atoms with E-state index in [1.165, 1.54) is 11.1 Å². The molecular weight excluding hydrogens is 490 g/mol. The minimum atomic E-state index is -0.0513. The van der Waals surface area contributed by atoms with Crippen LogP contribution < -0.4 is 10.1 Å². The summed E-state index contributed by atoms with van der Waals surface area (Å²) in [6, 6.07) is 21.8. The number of fused-ring (bicyclic) bond motifs is 1. The van der Waals surface area contributed by atoms with Crippen molar-refractivity contribution in [3.05, 3.63) is 93.7 Å². The Kier molecular flexibility index (Phi) is 8.01. The summed E-state index contributed by atoms with van der Waals surface area (Å²) in [6.45, 7) is 6.30. The fraction of sp³-hybridized carbons (Fsp3) is 0.286. The molecule has 34 heavy (non-hydrogen) atoms. The van der Waals surface area contributed by atoms with E-state index in [-0.39, 0.29) is 5.91 Å². The number of benzene rings is 3. The summed E-state index contributed by atoms with van der Waals surface area (Å²) in [7, 11) is 0. The zero-order valence-electron chi connectivity index (χ0n) is 19.7. The van der Waals surface area contributed by atoms with Crippen LogP contribution in [0.25, 0.3) is 11.0 Å². The number of rotatable bonds is 10. The number of nitrogens with zero attached hydrogens (tertiary/aromatic N) is 2. The second kappa shape index (κ2) is 11.3. The number of aromatic nitrogens is 2. The highest BCUT2D eigenvalue weighted by molar-refractivity contribution is 9.10. The fourth-order valence-corrected chi connectivity index (χ4v) is 4.27. The molecule has 0 fully saturated rings. The lowest BCUT2D eigenvalue weighted by Gasteiger charge is -2.13. The zero-order chi connectivity index (χ0) is 23.9. The summed E-state index contributed by atoms with van der Waals surface area (Å²) >= 11 is 3.40. The monoisotopic (exact) mass is 519 g/mol. The molecule has 0 saturated heterocycles. The highest BCUT2D eigenvalue weighted by atomic mass is 79.9. The van der Waals surface area contributed by atoms with Crippen LogP contribution in [0.2, 0.25) is 0 Å². The molecule has 0 bridgehead atoms. The second-order valence-corrected chi connectivity index (χ2v) is 9.35. The van der Waals surface area contributed by atoms with Gasteiger partial charge in [-0.15, -0.1) is 0 Å². The van der Waals surface area contributed by atoms with Gasteiger partial charge in [0.2, 0.25) is 0 Å². The Balaban J connectivity index is 1.33. The van der Waals surface area contributed by atoms with Crippen LogP contribution >= 0.6 is 15.9 Å². The molecule has 4 rings (SSSR count). The topological polar surface area (TPSA) is 56.1 Å². The van der Waals surface area contributed by atoms with Crippen molar-refractivity contribution in [1.82, 2.24) is 14.9 Å². The van der Waals surface area contributed by atoms with Crippen LogP contribution in [0.1, 0.15) is 40.2 Å². The number of aryl methyl sites for hydroxylation is 3. The molecule has 3 aromatic carbocycles. The number of hydrogen-bond acceptors (Lipinski definition) is 3. The summed E-state index contributed by atoms with van der Waals surface area (Å²) in [6.07, 6.45) is 2.51. The Morgan fingerprint density at radius 3 is 2.62 bits per heavy atom. The SMILES string of the molecule is Cc1cccc(OCCCn2c(CCCNC(=O)c3ccc(Br)cc3)nc3ccccc32)c1C. The molecule has 4 aromatic rings. The van der Waals surface area contributed by atoms with Gasteiger partial charge in [0.25, 0.3) is 5.91 Å². The molecule has 6 heteroatoms. The summed E-state index contributed by atoms with van der Waals surface area (Å²) in [5.41, 5.74) is 5.25. The molecule has 1 heterocycles. The van der Waals surface area contributed by atoms with E-state index in [2.05, 4.69) is 63.9 Å². The van der Waals surface area contributed by atoms with Crippen molar-refractivity contribution in [1.29, 1.82) is 0 Å². The molecule has 0 aliphatic carbocycles. The lowest BCUT2D eigenvalue weighted by Crippen LogP contribution is -2.25. The zero-order valence-corrected chi connectivity index (χ0v) is 21.3. The van der Waals surface area contributed by atoms with Crippen LogP contribution in [0.4, 0.5) is 0 Å². The van der Waals surface area contributed by atoms with Crippen molar-refractivity contribution in [2.24, 2.45) is 0 Å². The maximum Gasteiger partial charge on any atom is 0.251 e. The van der Waals surface area contributed by atoms with Gasteiger partial charge in [-0.2, -0.15) is 0 Å². The van der Waals surface area contributed by atoms with Gasteiger partial charge in [0.05, 0.1) is 17.6 Å². The van der Waals surface area contributed by atoms with Gasteiger partial charge in [0.15, 0.2) is 0 Å². The average Bonchev–Trinajstić information content (AvgIpc) is 3.19. The number of halogens is 1. The van der Waals surface area contributed by atoms with Crippen molar-refractivity contribution in [3.8, 4) is 5.75 Å². The smallest absolute Gasteiger partial charge is 0.251 e. The Morgan fingerprint density at radius 1 is 1.00 bits per heavy atom. The number of carbonyl (C=O) groups is 1. The largest absolute Gasteiger partial charge is 0.493 e. The predicted molar refractivity (Wildman–Crippen MR) is 141 cm³/mol. The van der Waals surface area contributed by atoms with Crippen LogP contribution in [0, 0.1) is 13.8 Å². The summed E-state index contributed by atoms with van der Waals surface area (Å²) in [5, 5.41) is 3.01. The number of imidazole rings is 1. The number of amides is 1. The third-order valence-corrected chi connectivity index (χ3v) is 6.57. The first kappa shape index (κ1) is 24.0. The van der Waals surface area contributed by atoms with Crippen molar-refractivity contribution in [3.63, 3.8) is 0 Å². The molecule has 176 valence electrons. The number of para-hydroxylation sites is 2. The maximum atomic E-state index is 12.4. The normalized spacial score (nSPS) is 11.0. The van der Waals surface area contributed by atoms with Crippen molar-refractivity contribution in [2.45, 2.75) is 39.7 Å². The molecule has 0 aliphatic rings. The molecule has 1 aromatic heterocycles. The summed E-state index contributed by atoms with van der Waals surface area (Å²) < 4.78 is 9.31. The number of nitrogens with one attached hydrogen (secondary N) is 1. The summed E-state index contributed by atoms with van der Waals surface area (Å²) in [4.78, 5) is 17.2. The Bertz CT molecular complexity index is 1260. The lowest BCUT2D eigenvalue weighted by molar-refractivity contribution is 0.0953. The number of carbonyl (C=O) groups excluding carboxylic acids is 1.